The molecule has 0 spiro atoms. The van der Waals surface area contributed by atoms with E-state index in [2.05, 4.69) is 0 Å². The summed E-state index contributed by atoms with van der Waals surface area (Å²) in [4.78, 5) is 35.0. The highest BCUT2D eigenvalue weighted by molar-refractivity contribution is 6.06. The number of ketones is 1. The van der Waals surface area contributed by atoms with Crippen molar-refractivity contribution in [2.24, 2.45) is 0 Å². The van der Waals surface area contributed by atoms with Gasteiger partial charge in [0.1, 0.15) is 0 Å². The average molecular weight is 349 g/mol. The Balaban J connectivity index is 1.76. The summed E-state index contributed by atoms with van der Waals surface area (Å²) >= 11 is 0. The molecule has 26 heavy (non-hydrogen) atoms. The standard InChI is InChI=1S/C20H15NO5/c1-13-9-10-15(11-18(13)21(24)25)19(22)12-26-20(23)17-8-4-6-14-5-2-3-7-16(14)17/h2-11H,12H2,1H3. The molecule has 0 bridgehead atoms. The van der Waals surface area contributed by atoms with Gasteiger partial charge in [-0.05, 0) is 23.8 Å². The number of nitrogens with zero attached hydrogens (tertiary/aromatic N) is 1. The van der Waals surface area contributed by atoms with Crippen LogP contribution >= 0.6 is 0 Å². The molecule has 0 aromatic heterocycles. The zero-order valence-corrected chi connectivity index (χ0v) is 14.0. The van der Waals surface area contributed by atoms with Crippen LogP contribution in [-0.2, 0) is 4.74 Å². The summed E-state index contributed by atoms with van der Waals surface area (Å²) in [6, 6.07) is 16.8. The number of hydrogen-bond acceptors (Lipinski definition) is 5. The van der Waals surface area contributed by atoms with Gasteiger partial charge in [-0.15, -0.1) is 0 Å². The monoisotopic (exact) mass is 349 g/mol. The largest absolute Gasteiger partial charge is 0.454 e. The van der Waals surface area contributed by atoms with Crippen LogP contribution in [0.4, 0.5) is 5.69 Å². The summed E-state index contributed by atoms with van der Waals surface area (Å²) < 4.78 is 5.12. The van der Waals surface area contributed by atoms with Crippen molar-refractivity contribution in [3.05, 3.63) is 87.5 Å². The first kappa shape index (κ1) is 17.3. The lowest BCUT2D eigenvalue weighted by Crippen LogP contribution is -2.15. The molecule has 3 rings (SSSR count). The molecule has 130 valence electrons. The first-order chi connectivity index (χ1) is 12.5. The van der Waals surface area contributed by atoms with Gasteiger partial charge in [0, 0.05) is 17.2 Å². The number of hydrogen-bond donors (Lipinski definition) is 0. The molecule has 0 N–H and O–H groups in total. The van der Waals surface area contributed by atoms with E-state index in [0.717, 1.165) is 10.8 Å². The number of ether oxygens (including phenoxy) is 1. The summed E-state index contributed by atoms with van der Waals surface area (Å²) in [5, 5.41) is 12.6. The Morgan fingerprint density at radius 3 is 2.54 bits per heavy atom. The Morgan fingerprint density at radius 2 is 1.77 bits per heavy atom. The normalized spacial score (nSPS) is 10.5. The number of nitro benzene ring substituents is 1. The maximum absolute atomic E-state index is 12.3. The van der Waals surface area contributed by atoms with Crippen LogP contribution in [0.2, 0.25) is 0 Å². The molecule has 0 saturated carbocycles. The Bertz CT molecular complexity index is 1020. The zero-order valence-electron chi connectivity index (χ0n) is 14.0. The van der Waals surface area contributed by atoms with Gasteiger partial charge in [0.15, 0.2) is 6.61 Å². The van der Waals surface area contributed by atoms with Crippen LogP contribution in [0.1, 0.15) is 26.3 Å². The number of esters is 1. The molecule has 0 aliphatic rings. The van der Waals surface area contributed by atoms with Crippen LogP contribution in [0.3, 0.4) is 0 Å². The van der Waals surface area contributed by atoms with Gasteiger partial charge in [-0.1, -0.05) is 48.5 Å². The number of rotatable bonds is 5. The number of Topliss-reactive ketones (excluding diaryl/α,β-unsaturated/α-hetero) is 1. The number of nitro groups is 1. The second kappa shape index (κ2) is 7.14. The van der Waals surface area contributed by atoms with Crippen molar-refractivity contribution in [2.45, 2.75) is 6.92 Å². The molecular formula is C20H15NO5. The first-order valence-electron chi connectivity index (χ1n) is 7.90. The van der Waals surface area contributed by atoms with Gasteiger partial charge >= 0.3 is 5.97 Å². The van der Waals surface area contributed by atoms with Gasteiger partial charge in [0.2, 0.25) is 5.78 Å². The van der Waals surface area contributed by atoms with Crippen LogP contribution in [0.5, 0.6) is 0 Å². The van der Waals surface area contributed by atoms with Crippen molar-refractivity contribution in [1.82, 2.24) is 0 Å². The minimum atomic E-state index is -0.614. The van der Waals surface area contributed by atoms with Crippen LogP contribution in [0.15, 0.2) is 60.7 Å². The minimum Gasteiger partial charge on any atom is -0.454 e. The number of aryl methyl sites for hydroxylation is 1. The maximum atomic E-state index is 12.3. The summed E-state index contributed by atoms with van der Waals surface area (Å²) in [5.41, 5.74) is 0.814. The van der Waals surface area contributed by atoms with E-state index < -0.39 is 23.3 Å². The molecular weight excluding hydrogens is 334 g/mol. The lowest BCUT2D eigenvalue weighted by molar-refractivity contribution is -0.385. The SMILES string of the molecule is Cc1ccc(C(=O)COC(=O)c2cccc3ccccc23)cc1[N+](=O)[O-]. The third kappa shape index (κ3) is 3.44. The van der Waals surface area contributed by atoms with Crippen molar-refractivity contribution in [2.75, 3.05) is 6.61 Å². The molecule has 0 aliphatic heterocycles. The Hall–Kier alpha value is -3.54. The van der Waals surface area contributed by atoms with E-state index in [4.69, 9.17) is 4.74 Å². The highest BCUT2D eigenvalue weighted by Gasteiger charge is 2.17. The molecule has 0 heterocycles. The quantitative estimate of drug-likeness (QED) is 0.300. The third-order valence-corrected chi connectivity index (χ3v) is 4.07. The van der Waals surface area contributed by atoms with Crippen LogP contribution in [0.25, 0.3) is 10.8 Å². The molecule has 0 amide bonds. The van der Waals surface area contributed by atoms with Gasteiger partial charge in [0.05, 0.1) is 10.5 Å². The van der Waals surface area contributed by atoms with E-state index in [1.165, 1.54) is 18.2 Å². The molecule has 6 nitrogen and oxygen atoms in total. The lowest BCUT2D eigenvalue weighted by Gasteiger charge is -2.07. The second-order valence-corrected chi connectivity index (χ2v) is 5.78. The van der Waals surface area contributed by atoms with E-state index >= 15 is 0 Å². The van der Waals surface area contributed by atoms with Gasteiger partial charge in [-0.2, -0.15) is 0 Å². The molecule has 0 aliphatic carbocycles. The van der Waals surface area contributed by atoms with Crippen molar-refractivity contribution in [3.8, 4) is 0 Å². The van der Waals surface area contributed by atoms with Crippen molar-refractivity contribution >= 4 is 28.2 Å². The Kier molecular flexibility index (Phi) is 4.75. The molecule has 0 saturated heterocycles. The zero-order chi connectivity index (χ0) is 18.7. The molecule has 0 fully saturated rings. The van der Waals surface area contributed by atoms with E-state index in [0.29, 0.717) is 11.1 Å². The molecule has 0 atom stereocenters. The summed E-state index contributed by atoms with van der Waals surface area (Å²) in [6.45, 7) is 1.11. The van der Waals surface area contributed by atoms with Gasteiger partial charge in [-0.25, -0.2) is 4.79 Å². The topological polar surface area (TPSA) is 86.5 Å². The van der Waals surface area contributed by atoms with Crippen molar-refractivity contribution in [1.29, 1.82) is 0 Å². The summed E-state index contributed by atoms with van der Waals surface area (Å²) in [7, 11) is 0. The number of carbonyl (C=O) groups is 2. The number of benzene rings is 3. The highest BCUT2D eigenvalue weighted by atomic mass is 16.6. The van der Waals surface area contributed by atoms with Gasteiger partial charge < -0.3 is 4.74 Å². The summed E-state index contributed by atoms with van der Waals surface area (Å²) in [5.74, 6) is -1.11. The average Bonchev–Trinajstić information content (AvgIpc) is 2.65. The van der Waals surface area contributed by atoms with E-state index in [9.17, 15) is 19.7 Å². The molecule has 6 heteroatoms. The Morgan fingerprint density at radius 1 is 1.04 bits per heavy atom. The fraction of sp³-hybridized carbons (Fsp3) is 0.100. The highest BCUT2D eigenvalue weighted by Crippen LogP contribution is 2.21. The lowest BCUT2D eigenvalue weighted by atomic mass is 10.0. The van der Waals surface area contributed by atoms with E-state index in [-0.39, 0.29) is 11.3 Å². The smallest absolute Gasteiger partial charge is 0.339 e. The van der Waals surface area contributed by atoms with Crippen LogP contribution in [-0.4, -0.2) is 23.3 Å². The predicted molar refractivity (Wildman–Crippen MR) is 96.4 cm³/mol. The van der Waals surface area contributed by atoms with Crippen LogP contribution in [0, 0.1) is 17.0 Å². The molecule has 0 unspecified atom stereocenters. The Labute approximate surface area is 149 Å². The van der Waals surface area contributed by atoms with E-state index in [1.807, 2.05) is 24.3 Å². The predicted octanol–water partition coefficient (Wildman–Crippen LogP) is 4.10. The fourth-order valence-corrected chi connectivity index (χ4v) is 2.68. The fourth-order valence-electron chi connectivity index (χ4n) is 2.68. The van der Waals surface area contributed by atoms with Gasteiger partial charge in [-0.3, -0.25) is 14.9 Å². The van der Waals surface area contributed by atoms with Crippen molar-refractivity contribution in [3.63, 3.8) is 0 Å². The molecule has 3 aromatic carbocycles. The number of fused-ring (bicyclic) bond motifs is 1. The van der Waals surface area contributed by atoms with E-state index in [1.54, 1.807) is 25.1 Å². The molecule has 3 aromatic rings. The summed E-state index contributed by atoms with van der Waals surface area (Å²) in [6.07, 6.45) is 0. The minimum absolute atomic E-state index is 0.132. The second-order valence-electron chi connectivity index (χ2n) is 5.78. The van der Waals surface area contributed by atoms with Gasteiger partial charge in [0.25, 0.3) is 5.69 Å². The third-order valence-electron chi connectivity index (χ3n) is 4.07. The van der Waals surface area contributed by atoms with Crippen molar-refractivity contribution < 1.29 is 19.2 Å². The number of carbonyl (C=O) groups excluding carboxylic acids is 2. The maximum Gasteiger partial charge on any atom is 0.339 e. The van der Waals surface area contributed by atoms with Crippen LogP contribution < -0.4 is 0 Å². The first-order valence-corrected chi connectivity index (χ1v) is 7.90. The molecule has 0 radical (unpaired) electrons.